The van der Waals surface area contributed by atoms with Crippen molar-refractivity contribution in [2.75, 3.05) is 13.2 Å². The third-order valence-electron chi connectivity index (χ3n) is 4.67. The first-order valence-corrected chi connectivity index (χ1v) is 8.00. The lowest BCUT2D eigenvalue weighted by Crippen LogP contribution is -2.56. The molecule has 106 valence electrons. The van der Waals surface area contributed by atoms with Crippen molar-refractivity contribution in [3.05, 3.63) is 0 Å². The normalized spacial score (nSPS) is 32.8. The van der Waals surface area contributed by atoms with Gasteiger partial charge in [0, 0.05) is 17.4 Å². The highest BCUT2D eigenvalue weighted by Crippen LogP contribution is 2.55. The Morgan fingerprint density at radius 1 is 1.22 bits per heavy atom. The van der Waals surface area contributed by atoms with E-state index in [1.807, 2.05) is 6.92 Å². The second-order valence-corrected chi connectivity index (χ2v) is 6.47. The van der Waals surface area contributed by atoms with Crippen molar-refractivity contribution in [1.29, 1.82) is 0 Å². The van der Waals surface area contributed by atoms with Crippen LogP contribution in [0.5, 0.6) is 0 Å². The zero-order valence-corrected chi connectivity index (χ0v) is 12.5. The van der Waals surface area contributed by atoms with Crippen LogP contribution in [0.1, 0.15) is 58.8 Å². The predicted molar refractivity (Wildman–Crippen MR) is 75.2 cm³/mol. The topological polar surface area (TPSA) is 18.5 Å². The molecule has 2 saturated carbocycles. The molecule has 2 aliphatic carbocycles. The largest absolute Gasteiger partial charge is 0.379 e. The lowest BCUT2D eigenvalue weighted by Gasteiger charge is -2.54. The first-order valence-electron chi connectivity index (χ1n) is 7.56. The van der Waals surface area contributed by atoms with Gasteiger partial charge in [0.05, 0.1) is 18.8 Å². The van der Waals surface area contributed by atoms with Gasteiger partial charge in [-0.3, -0.25) is 0 Å². The molecule has 0 amide bonds. The van der Waals surface area contributed by atoms with Gasteiger partial charge < -0.3 is 9.47 Å². The molecule has 3 unspecified atom stereocenters. The molecule has 3 heteroatoms. The van der Waals surface area contributed by atoms with E-state index in [9.17, 15) is 0 Å². The first kappa shape index (κ1) is 14.6. The van der Waals surface area contributed by atoms with E-state index in [0.29, 0.717) is 18.1 Å². The minimum Gasteiger partial charge on any atom is -0.379 e. The molecule has 0 aromatic carbocycles. The molecule has 2 rings (SSSR count). The summed E-state index contributed by atoms with van der Waals surface area (Å²) in [6.45, 7) is 5.61. The predicted octanol–water partition coefficient (Wildman–Crippen LogP) is 4.15. The number of hydrogen-bond acceptors (Lipinski definition) is 2. The van der Waals surface area contributed by atoms with Gasteiger partial charge in [-0.05, 0) is 33.1 Å². The van der Waals surface area contributed by atoms with Crippen LogP contribution in [0.25, 0.3) is 0 Å². The van der Waals surface area contributed by atoms with Crippen LogP contribution in [0.2, 0.25) is 0 Å². The number of ether oxygens (including phenoxy) is 2. The van der Waals surface area contributed by atoms with E-state index in [4.69, 9.17) is 21.1 Å². The van der Waals surface area contributed by atoms with Crippen molar-refractivity contribution in [3.63, 3.8) is 0 Å². The fraction of sp³-hybridized carbons (Fsp3) is 1.00. The van der Waals surface area contributed by atoms with Crippen molar-refractivity contribution in [3.8, 4) is 0 Å². The van der Waals surface area contributed by atoms with Crippen LogP contribution in [0.4, 0.5) is 0 Å². The Balaban J connectivity index is 1.88. The summed E-state index contributed by atoms with van der Waals surface area (Å²) in [5.74, 6) is 0. The number of alkyl halides is 1. The van der Waals surface area contributed by atoms with E-state index in [1.165, 1.54) is 38.5 Å². The molecular formula is C15H27ClO2. The SMILES string of the molecule is CCOCC(C)OC1CC(Cl)C12CCCCCC2. The second kappa shape index (κ2) is 6.58. The smallest absolute Gasteiger partial charge is 0.0784 e. The Kier molecular flexibility index (Phi) is 5.35. The van der Waals surface area contributed by atoms with E-state index in [2.05, 4.69) is 6.92 Å². The summed E-state index contributed by atoms with van der Waals surface area (Å²) in [7, 11) is 0. The van der Waals surface area contributed by atoms with Crippen molar-refractivity contribution in [2.24, 2.45) is 5.41 Å². The summed E-state index contributed by atoms with van der Waals surface area (Å²) in [5.41, 5.74) is 0.276. The summed E-state index contributed by atoms with van der Waals surface area (Å²) in [6.07, 6.45) is 9.48. The van der Waals surface area contributed by atoms with Crippen LogP contribution in [-0.4, -0.2) is 30.8 Å². The van der Waals surface area contributed by atoms with Crippen LogP contribution in [0.3, 0.4) is 0 Å². The van der Waals surface area contributed by atoms with Gasteiger partial charge in [-0.15, -0.1) is 11.6 Å². The van der Waals surface area contributed by atoms with Gasteiger partial charge >= 0.3 is 0 Å². The molecule has 2 fully saturated rings. The monoisotopic (exact) mass is 274 g/mol. The summed E-state index contributed by atoms with van der Waals surface area (Å²) in [5, 5.41) is 0.333. The van der Waals surface area contributed by atoms with E-state index < -0.39 is 0 Å². The molecular weight excluding hydrogens is 248 g/mol. The Labute approximate surface area is 116 Å². The van der Waals surface area contributed by atoms with Gasteiger partial charge in [0.15, 0.2) is 0 Å². The van der Waals surface area contributed by atoms with E-state index >= 15 is 0 Å². The van der Waals surface area contributed by atoms with Crippen LogP contribution in [-0.2, 0) is 9.47 Å². The molecule has 2 nitrogen and oxygen atoms in total. The van der Waals surface area contributed by atoms with Gasteiger partial charge in [-0.1, -0.05) is 25.7 Å². The zero-order valence-electron chi connectivity index (χ0n) is 11.8. The van der Waals surface area contributed by atoms with Gasteiger partial charge in [0.25, 0.3) is 0 Å². The highest BCUT2D eigenvalue weighted by molar-refractivity contribution is 6.21. The Morgan fingerprint density at radius 2 is 1.89 bits per heavy atom. The van der Waals surface area contributed by atoms with Gasteiger partial charge in [0.1, 0.15) is 0 Å². The quantitative estimate of drug-likeness (QED) is 0.701. The minimum atomic E-state index is 0.194. The standard InChI is InChI=1S/C15H27ClO2/c1-3-17-11-12(2)18-14-10-13(16)15(14)8-6-4-5-7-9-15/h12-14H,3-11H2,1-2H3. The van der Waals surface area contributed by atoms with Crippen molar-refractivity contribution < 1.29 is 9.47 Å². The minimum absolute atomic E-state index is 0.194. The third kappa shape index (κ3) is 3.02. The Bertz CT molecular complexity index is 249. The van der Waals surface area contributed by atoms with E-state index in [-0.39, 0.29) is 11.5 Å². The van der Waals surface area contributed by atoms with Crippen molar-refractivity contribution >= 4 is 11.6 Å². The van der Waals surface area contributed by atoms with Crippen LogP contribution < -0.4 is 0 Å². The molecule has 0 N–H and O–H groups in total. The summed E-state index contributed by atoms with van der Waals surface area (Å²) < 4.78 is 11.6. The average molecular weight is 275 g/mol. The third-order valence-corrected chi connectivity index (χ3v) is 5.29. The number of rotatable bonds is 5. The average Bonchev–Trinajstić information content (AvgIpc) is 2.63. The summed E-state index contributed by atoms with van der Waals surface area (Å²) in [6, 6.07) is 0. The number of halogens is 1. The maximum absolute atomic E-state index is 6.53. The molecule has 0 bridgehead atoms. The van der Waals surface area contributed by atoms with E-state index in [0.717, 1.165) is 13.0 Å². The van der Waals surface area contributed by atoms with Crippen LogP contribution in [0, 0.1) is 5.41 Å². The van der Waals surface area contributed by atoms with Gasteiger partial charge in [-0.2, -0.15) is 0 Å². The lowest BCUT2D eigenvalue weighted by atomic mass is 9.61. The van der Waals surface area contributed by atoms with Crippen LogP contribution in [0.15, 0.2) is 0 Å². The Hall–Kier alpha value is 0.210. The molecule has 0 heterocycles. The van der Waals surface area contributed by atoms with Crippen molar-refractivity contribution in [1.82, 2.24) is 0 Å². The molecule has 1 spiro atoms. The lowest BCUT2D eigenvalue weighted by molar-refractivity contribution is -0.153. The molecule has 0 aromatic rings. The van der Waals surface area contributed by atoms with Gasteiger partial charge in [0.2, 0.25) is 0 Å². The van der Waals surface area contributed by atoms with Crippen LogP contribution >= 0.6 is 11.6 Å². The maximum Gasteiger partial charge on any atom is 0.0784 e. The fourth-order valence-corrected chi connectivity index (χ4v) is 4.04. The molecule has 0 radical (unpaired) electrons. The highest BCUT2D eigenvalue weighted by Gasteiger charge is 2.54. The molecule has 0 saturated heterocycles. The molecule has 2 aliphatic rings. The molecule has 0 aromatic heterocycles. The van der Waals surface area contributed by atoms with E-state index in [1.54, 1.807) is 0 Å². The molecule has 3 atom stereocenters. The first-order chi connectivity index (χ1) is 8.69. The maximum atomic E-state index is 6.53. The Morgan fingerprint density at radius 3 is 2.44 bits per heavy atom. The molecule has 18 heavy (non-hydrogen) atoms. The molecule has 0 aliphatic heterocycles. The van der Waals surface area contributed by atoms with Crippen molar-refractivity contribution in [2.45, 2.75) is 76.4 Å². The second-order valence-electron chi connectivity index (χ2n) is 5.95. The highest BCUT2D eigenvalue weighted by atomic mass is 35.5. The zero-order chi connectivity index (χ0) is 13.0. The number of hydrogen-bond donors (Lipinski definition) is 0. The summed E-state index contributed by atoms with van der Waals surface area (Å²) >= 11 is 6.53. The summed E-state index contributed by atoms with van der Waals surface area (Å²) in [4.78, 5) is 0. The fourth-order valence-electron chi connectivity index (χ4n) is 3.52. The van der Waals surface area contributed by atoms with Gasteiger partial charge in [-0.25, -0.2) is 0 Å².